The molecule has 1 saturated carbocycles. The highest BCUT2D eigenvalue weighted by atomic mass is 16.3. The lowest BCUT2D eigenvalue weighted by molar-refractivity contribution is -0.116. The third-order valence-corrected chi connectivity index (χ3v) is 4.51. The Morgan fingerprint density at radius 2 is 2.08 bits per heavy atom. The maximum Gasteiger partial charge on any atom is 0.199 e. The van der Waals surface area contributed by atoms with E-state index in [1.165, 1.54) is 12.8 Å². The van der Waals surface area contributed by atoms with Gasteiger partial charge in [-0.2, -0.15) is 4.52 Å². The molecular formula is C18H20N4O2. The van der Waals surface area contributed by atoms with Gasteiger partial charge >= 0.3 is 0 Å². The SMILES string of the molecule is CC(=O)Cc1cc2nc(C3CCCC3)nn2c(-c2ccc(C)o2)n1. The van der Waals surface area contributed by atoms with Crippen molar-refractivity contribution < 1.29 is 9.21 Å². The highest BCUT2D eigenvalue weighted by molar-refractivity contribution is 5.78. The van der Waals surface area contributed by atoms with E-state index < -0.39 is 0 Å². The molecule has 3 aromatic rings. The zero-order valence-electron chi connectivity index (χ0n) is 14.0. The van der Waals surface area contributed by atoms with Crippen molar-refractivity contribution in [2.45, 2.75) is 51.9 Å². The minimum Gasteiger partial charge on any atom is -0.458 e. The number of furan rings is 1. The fourth-order valence-corrected chi connectivity index (χ4v) is 3.37. The molecule has 0 amide bonds. The number of fused-ring (bicyclic) bond motifs is 1. The van der Waals surface area contributed by atoms with E-state index in [1.807, 2.05) is 25.1 Å². The molecule has 0 unspecified atom stereocenters. The quantitative estimate of drug-likeness (QED) is 0.734. The number of aromatic nitrogens is 4. The molecule has 0 N–H and O–H groups in total. The van der Waals surface area contributed by atoms with Crippen molar-refractivity contribution in [3.05, 3.63) is 35.5 Å². The molecule has 3 heterocycles. The summed E-state index contributed by atoms with van der Waals surface area (Å²) in [5.41, 5.74) is 1.43. The molecule has 0 aliphatic heterocycles. The van der Waals surface area contributed by atoms with Crippen LogP contribution in [0.3, 0.4) is 0 Å². The summed E-state index contributed by atoms with van der Waals surface area (Å²) in [4.78, 5) is 20.8. The first kappa shape index (κ1) is 15.1. The third kappa shape index (κ3) is 2.72. The summed E-state index contributed by atoms with van der Waals surface area (Å²) in [7, 11) is 0. The Morgan fingerprint density at radius 3 is 2.75 bits per heavy atom. The van der Waals surface area contributed by atoms with E-state index in [0.717, 1.165) is 30.1 Å². The largest absolute Gasteiger partial charge is 0.458 e. The first-order chi connectivity index (χ1) is 11.6. The molecule has 3 aromatic heterocycles. The van der Waals surface area contributed by atoms with E-state index in [-0.39, 0.29) is 12.2 Å². The van der Waals surface area contributed by atoms with Gasteiger partial charge in [-0.15, -0.1) is 5.10 Å². The Hall–Kier alpha value is -2.50. The highest BCUT2D eigenvalue weighted by Crippen LogP contribution is 2.33. The number of hydrogen-bond acceptors (Lipinski definition) is 5. The lowest BCUT2D eigenvalue weighted by Crippen LogP contribution is -2.05. The van der Waals surface area contributed by atoms with Crippen molar-refractivity contribution in [3.8, 4) is 11.6 Å². The van der Waals surface area contributed by atoms with E-state index in [4.69, 9.17) is 14.5 Å². The number of hydrogen-bond donors (Lipinski definition) is 0. The standard InChI is InChI=1S/C18H20N4O2/c1-11(23)9-14-10-16-20-17(13-5-3-4-6-13)21-22(16)18(19-14)15-8-7-12(2)24-15/h7-8,10,13H,3-6,9H2,1-2H3. The predicted molar refractivity (Wildman–Crippen MR) is 88.8 cm³/mol. The van der Waals surface area contributed by atoms with Crippen molar-refractivity contribution in [2.75, 3.05) is 0 Å². The molecular weight excluding hydrogens is 304 g/mol. The second-order valence-corrected chi connectivity index (χ2v) is 6.58. The summed E-state index contributed by atoms with van der Waals surface area (Å²) >= 11 is 0. The summed E-state index contributed by atoms with van der Waals surface area (Å²) in [5.74, 6) is 3.43. The van der Waals surface area contributed by atoms with Gasteiger partial charge < -0.3 is 4.42 Å². The van der Waals surface area contributed by atoms with Crippen LogP contribution in [0.2, 0.25) is 0 Å². The van der Waals surface area contributed by atoms with Crippen molar-refractivity contribution in [3.63, 3.8) is 0 Å². The maximum absolute atomic E-state index is 11.5. The summed E-state index contributed by atoms with van der Waals surface area (Å²) < 4.78 is 7.48. The molecule has 6 nitrogen and oxygen atoms in total. The van der Waals surface area contributed by atoms with Gasteiger partial charge in [-0.25, -0.2) is 9.97 Å². The van der Waals surface area contributed by atoms with Crippen molar-refractivity contribution in [1.82, 2.24) is 19.6 Å². The summed E-state index contributed by atoms with van der Waals surface area (Å²) in [6.07, 6.45) is 5.03. The molecule has 0 saturated heterocycles. The van der Waals surface area contributed by atoms with Gasteiger partial charge in [-0.1, -0.05) is 12.8 Å². The second-order valence-electron chi connectivity index (χ2n) is 6.58. The summed E-state index contributed by atoms with van der Waals surface area (Å²) in [5, 5.41) is 4.70. The van der Waals surface area contributed by atoms with Gasteiger partial charge in [0, 0.05) is 18.4 Å². The molecule has 4 rings (SSSR count). The molecule has 1 fully saturated rings. The molecule has 0 bridgehead atoms. The van der Waals surface area contributed by atoms with Crippen LogP contribution in [0, 0.1) is 6.92 Å². The predicted octanol–water partition coefficient (Wildman–Crippen LogP) is 3.48. The number of aryl methyl sites for hydroxylation is 1. The van der Waals surface area contributed by atoms with Gasteiger partial charge in [0.2, 0.25) is 0 Å². The lowest BCUT2D eigenvalue weighted by atomic mass is 10.1. The van der Waals surface area contributed by atoms with Crippen molar-refractivity contribution in [2.24, 2.45) is 0 Å². The molecule has 0 aromatic carbocycles. The monoisotopic (exact) mass is 324 g/mol. The average Bonchev–Trinajstić information content (AvgIpc) is 3.25. The van der Waals surface area contributed by atoms with Gasteiger partial charge in [-0.05, 0) is 38.8 Å². The molecule has 0 spiro atoms. The Kier molecular flexibility index (Phi) is 3.67. The number of rotatable bonds is 4. The van der Waals surface area contributed by atoms with Crippen LogP contribution in [-0.2, 0) is 11.2 Å². The number of Topliss-reactive ketones (excluding diaryl/α,β-unsaturated/α-hetero) is 1. The fraction of sp³-hybridized carbons (Fsp3) is 0.444. The first-order valence-electron chi connectivity index (χ1n) is 8.43. The summed E-state index contributed by atoms with van der Waals surface area (Å²) in [6.45, 7) is 3.46. The average molecular weight is 324 g/mol. The Balaban J connectivity index is 1.87. The molecule has 24 heavy (non-hydrogen) atoms. The Morgan fingerprint density at radius 1 is 1.29 bits per heavy atom. The Bertz CT molecular complexity index is 903. The van der Waals surface area contributed by atoms with Crippen LogP contribution in [0.1, 0.15) is 55.8 Å². The minimum atomic E-state index is 0.0731. The van der Waals surface area contributed by atoms with Gasteiger partial charge in [0.25, 0.3) is 0 Å². The van der Waals surface area contributed by atoms with E-state index in [2.05, 4.69) is 4.98 Å². The third-order valence-electron chi connectivity index (χ3n) is 4.51. The van der Waals surface area contributed by atoms with Crippen molar-refractivity contribution in [1.29, 1.82) is 0 Å². The van der Waals surface area contributed by atoms with Crippen LogP contribution in [-0.4, -0.2) is 25.4 Å². The van der Waals surface area contributed by atoms with Gasteiger partial charge in [0.1, 0.15) is 11.5 Å². The summed E-state index contributed by atoms with van der Waals surface area (Å²) in [6, 6.07) is 5.63. The van der Waals surface area contributed by atoms with Gasteiger partial charge in [0.05, 0.1) is 5.69 Å². The number of nitrogens with zero attached hydrogens (tertiary/aromatic N) is 4. The smallest absolute Gasteiger partial charge is 0.199 e. The molecule has 0 radical (unpaired) electrons. The van der Waals surface area contributed by atoms with Crippen molar-refractivity contribution >= 4 is 11.4 Å². The van der Waals surface area contributed by atoms with Crippen LogP contribution in [0.25, 0.3) is 17.2 Å². The van der Waals surface area contributed by atoms with Crippen LogP contribution < -0.4 is 0 Å². The van der Waals surface area contributed by atoms with Gasteiger partial charge in [0.15, 0.2) is 23.1 Å². The van der Waals surface area contributed by atoms with Gasteiger partial charge in [-0.3, -0.25) is 4.79 Å². The van der Waals surface area contributed by atoms with E-state index >= 15 is 0 Å². The lowest BCUT2D eigenvalue weighted by Gasteiger charge is -2.04. The number of carbonyl (C=O) groups is 1. The minimum absolute atomic E-state index is 0.0731. The topological polar surface area (TPSA) is 73.3 Å². The molecule has 6 heteroatoms. The fourth-order valence-electron chi connectivity index (χ4n) is 3.37. The van der Waals surface area contributed by atoms with E-state index in [1.54, 1.807) is 11.4 Å². The van der Waals surface area contributed by atoms with E-state index in [0.29, 0.717) is 23.2 Å². The molecule has 1 aliphatic carbocycles. The zero-order chi connectivity index (χ0) is 16.7. The number of carbonyl (C=O) groups excluding carboxylic acids is 1. The maximum atomic E-state index is 11.5. The number of ketones is 1. The molecule has 0 atom stereocenters. The van der Waals surface area contributed by atoms with Crippen LogP contribution in [0.4, 0.5) is 0 Å². The van der Waals surface area contributed by atoms with Crippen LogP contribution in [0.5, 0.6) is 0 Å². The van der Waals surface area contributed by atoms with E-state index in [9.17, 15) is 4.79 Å². The molecule has 1 aliphatic rings. The zero-order valence-corrected chi connectivity index (χ0v) is 14.0. The highest BCUT2D eigenvalue weighted by Gasteiger charge is 2.23. The Labute approximate surface area is 139 Å². The second kappa shape index (κ2) is 5.85. The first-order valence-corrected chi connectivity index (χ1v) is 8.43. The van der Waals surface area contributed by atoms with Crippen LogP contribution >= 0.6 is 0 Å². The normalized spacial score (nSPS) is 15.4. The van der Waals surface area contributed by atoms with Crippen LogP contribution in [0.15, 0.2) is 22.6 Å². The molecule has 124 valence electrons.